The Labute approximate surface area is 73.9 Å². The lowest BCUT2D eigenvalue weighted by molar-refractivity contribution is 0.103. The first-order chi connectivity index (χ1) is 6.38. The molecule has 0 unspecified atom stereocenters. The Balaban J connectivity index is 2.34. The lowest BCUT2D eigenvalue weighted by Gasteiger charge is -1.94. The van der Waals surface area contributed by atoms with Crippen LogP contribution in [0, 0.1) is 0 Å². The highest BCUT2D eigenvalue weighted by atomic mass is 16.1. The van der Waals surface area contributed by atoms with Crippen LogP contribution in [0.5, 0.6) is 0 Å². The van der Waals surface area contributed by atoms with E-state index in [4.69, 9.17) is 0 Å². The molecule has 1 N–H and O–H groups in total. The Kier molecular flexibility index (Phi) is 1.84. The summed E-state index contributed by atoms with van der Waals surface area (Å²) in [6.07, 6.45) is 5.84. The van der Waals surface area contributed by atoms with Gasteiger partial charge in [0.2, 0.25) is 5.78 Å². The summed E-state index contributed by atoms with van der Waals surface area (Å²) >= 11 is 0. The molecule has 0 amide bonds. The monoisotopic (exact) mass is 174 g/mol. The number of aromatic nitrogens is 4. The fraction of sp³-hybridized carbons (Fsp3) is 0. The highest BCUT2D eigenvalue weighted by Crippen LogP contribution is 2.02. The number of rotatable bonds is 2. The molecule has 5 nitrogen and oxygen atoms in total. The fourth-order valence-electron chi connectivity index (χ4n) is 0.954. The van der Waals surface area contributed by atoms with Crippen LogP contribution in [0.4, 0.5) is 0 Å². The number of nitrogens with one attached hydrogen (secondary N) is 1. The van der Waals surface area contributed by atoms with E-state index in [-0.39, 0.29) is 5.78 Å². The van der Waals surface area contributed by atoms with E-state index < -0.39 is 0 Å². The first-order valence-corrected chi connectivity index (χ1v) is 3.67. The minimum atomic E-state index is -0.155. The molecule has 13 heavy (non-hydrogen) atoms. The van der Waals surface area contributed by atoms with Gasteiger partial charge in [0.25, 0.3) is 0 Å². The minimum absolute atomic E-state index is 0.155. The molecular formula is C8H6N4O. The zero-order valence-corrected chi connectivity index (χ0v) is 6.64. The van der Waals surface area contributed by atoms with E-state index in [0.29, 0.717) is 11.3 Å². The molecular weight excluding hydrogens is 168 g/mol. The zero-order chi connectivity index (χ0) is 9.10. The lowest BCUT2D eigenvalue weighted by Crippen LogP contribution is -2.02. The average Bonchev–Trinajstić information content (AvgIpc) is 2.71. The van der Waals surface area contributed by atoms with Crippen molar-refractivity contribution in [3.63, 3.8) is 0 Å². The third-order valence-corrected chi connectivity index (χ3v) is 1.57. The van der Waals surface area contributed by atoms with Crippen molar-refractivity contribution in [3.8, 4) is 0 Å². The van der Waals surface area contributed by atoms with Gasteiger partial charge in [0.15, 0.2) is 0 Å². The van der Waals surface area contributed by atoms with Crippen LogP contribution in [-0.2, 0) is 0 Å². The first kappa shape index (κ1) is 7.60. The van der Waals surface area contributed by atoms with Gasteiger partial charge in [-0.05, 0) is 6.07 Å². The topological polar surface area (TPSA) is 71.5 Å². The number of carbonyl (C=O) groups excluding carboxylic acids is 1. The molecule has 2 rings (SSSR count). The van der Waals surface area contributed by atoms with Crippen LogP contribution in [0.3, 0.4) is 0 Å². The van der Waals surface area contributed by atoms with Gasteiger partial charge < -0.3 is 0 Å². The molecule has 0 aliphatic carbocycles. The van der Waals surface area contributed by atoms with Crippen LogP contribution < -0.4 is 0 Å². The van der Waals surface area contributed by atoms with Crippen LogP contribution >= 0.6 is 0 Å². The minimum Gasteiger partial charge on any atom is -0.287 e. The van der Waals surface area contributed by atoms with Crippen LogP contribution in [0.1, 0.15) is 16.1 Å². The van der Waals surface area contributed by atoms with Gasteiger partial charge in [-0.15, -0.1) is 0 Å². The molecule has 0 aliphatic rings. The molecule has 2 aromatic rings. The predicted molar refractivity (Wildman–Crippen MR) is 44.1 cm³/mol. The molecule has 0 aromatic carbocycles. The van der Waals surface area contributed by atoms with Gasteiger partial charge in [-0.25, -0.2) is 9.97 Å². The summed E-state index contributed by atoms with van der Waals surface area (Å²) in [6, 6.07) is 1.61. The van der Waals surface area contributed by atoms with E-state index in [1.165, 1.54) is 24.9 Å². The van der Waals surface area contributed by atoms with E-state index >= 15 is 0 Å². The predicted octanol–water partition coefficient (Wildman–Crippen LogP) is 0.431. The van der Waals surface area contributed by atoms with Crippen molar-refractivity contribution in [2.75, 3.05) is 0 Å². The molecule has 5 heteroatoms. The number of ketones is 1. The summed E-state index contributed by atoms with van der Waals surface area (Å²) in [7, 11) is 0. The molecule has 0 spiro atoms. The summed E-state index contributed by atoms with van der Waals surface area (Å²) in [4.78, 5) is 19.1. The number of carbonyl (C=O) groups is 1. The molecule has 0 saturated carbocycles. The van der Waals surface area contributed by atoms with Gasteiger partial charge in [-0.3, -0.25) is 9.89 Å². The van der Waals surface area contributed by atoms with Crippen LogP contribution in [0.15, 0.2) is 31.0 Å². The van der Waals surface area contributed by atoms with Gasteiger partial charge >= 0.3 is 0 Å². The third kappa shape index (κ3) is 1.44. The van der Waals surface area contributed by atoms with E-state index in [0.717, 1.165) is 0 Å². The lowest BCUT2D eigenvalue weighted by atomic mass is 10.2. The zero-order valence-electron chi connectivity index (χ0n) is 6.64. The second-order valence-corrected chi connectivity index (χ2v) is 2.43. The summed E-state index contributed by atoms with van der Waals surface area (Å²) < 4.78 is 0. The van der Waals surface area contributed by atoms with E-state index in [1.807, 2.05) is 0 Å². The van der Waals surface area contributed by atoms with E-state index in [2.05, 4.69) is 20.2 Å². The number of aromatic amines is 1. The van der Waals surface area contributed by atoms with Crippen molar-refractivity contribution in [3.05, 3.63) is 42.2 Å². The molecule has 2 aromatic heterocycles. The molecule has 0 fully saturated rings. The molecule has 0 saturated heterocycles. The Morgan fingerprint density at radius 3 is 2.69 bits per heavy atom. The average molecular weight is 174 g/mol. The van der Waals surface area contributed by atoms with Crippen molar-refractivity contribution in [1.82, 2.24) is 20.2 Å². The molecule has 0 atom stereocenters. The van der Waals surface area contributed by atoms with Gasteiger partial charge in [0.1, 0.15) is 12.0 Å². The van der Waals surface area contributed by atoms with Crippen molar-refractivity contribution in [1.29, 1.82) is 0 Å². The molecule has 0 bridgehead atoms. The number of hydrogen-bond acceptors (Lipinski definition) is 4. The normalized spacial score (nSPS) is 9.85. The second-order valence-electron chi connectivity index (χ2n) is 2.43. The smallest absolute Gasteiger partial charge is 0.213 e. The number of nitrogens with zero attached hydrogens (tertiary/aromatic N) is 3. The largest absolute Gasteiger partial charge is 0.287 e. The van der Waals surface area contributed by atoms with Crippen LogP contribution in [-0.4, -0.2) is 25.9 Å². The molecule has 64 valence electrons. The van der Waals surface area contributed by atoms with Gasteiger partial charge in [-0.1, -0.05) is 0 Å². The van der Waals surface area contributed by atoms with Crippen molar-refractivity contribution in [2.45, 2.75) is 0 Å². The van der Waals surface area contributed by atoms with Crippen molar-refractivity contribution in [2.24, 2.45) is 0 Å². The quantitative estimate of drug-likeness (QED) is 0.670. The first-order valence-electron chi connectivity index (χ1n) is 3.67. The summed E-state index contributed by atoms with van der Waals surface area (Å²) in [5.74, 6) is -0.155. The van der Waals surface area contributed by atoms with Gasteiger partial charge in [0, 0.05) is 18.6 Å². The summed E-state index contributed by atoms with van der Waals surface area (Å²) in [5.41, 5.74) is 0.890. The Hall–Kier alpha value is -2.04. The maximum Gasteiger partial charge on any atom is 0.213 e. The fourth-order valence-corrected chi connectivity index (χ4v) is 0.954. The maximum absolute atomic E-state index is 11.6. The Bertz CT molecular complexity index is 395. The SMILES string of the molecule is O=C(c1cncnc1)c1ccn[nH]1. The third-order valence-electron chi connectivity index (χ3n) is 1.57. The van der Waals surface area contributed by atoms with E-state index in [9.17, 15) is 4.79 Å². The van der Waals surface area contributed by atoms with Gasteiger partial charge in [-0.2, -0.15) is 5.10 Å². The molecule has 0 aliphatic heterocycles. The highest BCUT2D eigenvalue weighted by molar-refractivity contribution is 6.07. The van der Waals surface area contributed by atoms with Crippen molar-refractivity contribution >= 4 is 5.78 Å². The summed E-state index contributed by atoms with van der Waals surface area (Å²) in [5, 5.41) is 6.26. The van der Waals surface area contributed by atoms with Crippen LogP contribution in [0.25, 0.3) is 0 Å². The molecule has 0 radical (unpaired) electrons. The standard InChI is InChI=1S/C8H6N4O/c13-8(7-1-2-11-12-7)6-3-9-5-10-4-6/h1-5H,(H,11,12). The number of hydrogen-bond donors (Lipinski definition) is 1. The maximum atomic E-state index is 11.6. The van der Waals surface area contributed by atoms with Crippen molar-refractivity contribution < 1.29 is 4.79 Å². The second kappa shape index (κ2) is 3.14. The number of H-pyrrole nitrogens is 1. The molecule has 2 heterocycles. The Morgan fingerprint density at radius 2 is 2.08 bits per heavy atom. The van der Waals surface area contributed by atoms with E-state index in [1.54, 1.807) is 6.07 Å². The summed E-state index contributed by atoms with van der Waals surface area (Å²) in [6.45, 7) is 0. The Morgan fingerprint density at radius 1 is 1.31 bits per heavy atom. The van der Waals surface area contributed by atoms with Crippen LogP contribution in [0.2, 0.25) is 0 Å². The highest BCUT2D eigenvalue weighted by Gasteiger charge is 2.09. The van der Waals surface area contributed by atoms with Gasteiger partial charge in [0.05, 0.1) is 5.56 Å².